The summed E-state index contributed by atoms with van der Waals surface area (Å²) in [4.78, 5) is 20.2. The topological polar surface area (TPSA) is 132 Å². The first-order valence-corrected chi connectivity index (χ1v) is 6.67. The highest BCUT2D eigenvalue weighted by molar-refractivity contribution is 7.89. The highest BCUT2D eigenvalue weighted by atomic mass is 32.2. The second kappa shape index (κ2) is 5.33. The van der Waals surface area contributed by atoms with Crippen LogP contribution in [0.1, 0.15) is 11.1 Å². The molecule has 0 saturated heterocycles. The zero-order valence-electron chi connectivity index (χ0n) is 10.3. The molecule has 9 heteroatoms. The van der Waals surface area contributed by atoms with Gasteiger partial charge in [0.15, 0.2) is 4.90 Å². The molecule has 0 unspecified atom stereocenters. The number of hydrogen-bond acceptors (Lipinski definition) is 5. The van der Waals surface area contributed by atoms with Crippen LogP contribution in [0.2, 0.25) is 0 Å². The molecule has 8 nitrogen and oxygen atoms in total. The molecule has 1 aromatic rings. The smallest absolute Gasteiger partial charge is 0.289 e. The molecule has 0 atom stereocenters. The number of nitro groups is 1. The number of nitrogens with zero attached hydrogens (tertiary/aromatic N) is 1. The number of hydrogen-bond donors (Lipinski definition) is 2. The van der Waals surface area contributed by atoms with Crippen LogP contribution in [0.3, 0.4) is 0 Å². The molecule has 0 aliphatic carbocycles. The van der Waals surface area contributed by atoms with Gasteiger partial charge < -0.3 is 5.73 Å². The number of nitrogens with one attached hydrogen (secondary N) is 1. The van der Waals surface area contributed by atoms with Gasteiger partial charge in [-0.15, -0.1) is 0 Å². The van der Waals surface area contributed by atoms with Crippen molar-refractivity contribution < 1.29 is 18.1 Å². The second-order valence-electron chi connectivity index (χ2n) is 3.95. The van der Waals surface area contributed by atoms with E-state index < -0.39 is 38.0 Å². The van der Waals surface area contributed by atoms with Crippen molar-refractivity contribution in [3.8, 4) is 0 Å². The summed E-state index contributed by atoms with van der Waals surface area (Å²) >= 11 is 0. The van der Waals surface area contributed by atoms with E-state index in [0.717, 1.165) is 0 Å². The molecule has 104 valence electrons. The number of carbonyl (C=O) groups excluding carboxylic acids is 1. The molecular formula is C10H13N3O5S. The van der Waals surface area contributed by atoms with Crippen LogP contribution in [-0.4, -0.2) is 25.8 Å². The SMILES string of the molecule is Cc1cc([N+](=O)[O-])c(S(=O)(=O)NCC(N)=O)cc1C. The third kappa shape index (κ3) is 3.48. The van der Waals surface area contributed by atoms with Gasteiger partial charge in [-0.2, -0.15) is 0 Å². The Morgan fingerprint density at radius 2 is 1.89 bits per heavy atom. The summed E-state index contributed by atoms with van der Waals surface area (Å²) in [6, 6.07) is 2.37. The Kier molecular flexibility index (Phi) is 4.22. The minimum atomic E-state index is -4.16. The first-order valence-electron chi connectivity index (χ1n) is 5.18. The van der Waals surface area contributed by atoms with Gasteiger partial charge in [0, 0.05) is 6.07 Å². The molecule has 0 fully saturated rings. The standard InChI is InChI=1S/C10H13N3O5S/c1-6-3-8(13(15)16)9(4-7(6)2)19(17,18)12-5-10(11)14/h3-4,12H,5H2,1-2H3,(H2,11,14). The Morgan fingerprint density at radius 1 is 1.37 bits per heavy atom. The van der Waals surface area contributed by atoms with E-state index in [1.165, 1.54) is 12.1 Å². The Balaban J connectivity index is 3.36. The van der Waals surface area contributed by atoms with Gasteiger partial charge in [0.05, 0.1) is 11.5 Å². The third-order valence-corrected chi connectivity index (χ3v) is 3.93. The third-order valence-electron chi connectivity index (χ3n) is 2.50. The van der Waals surface area contributed by atoms with Gasteiger partial charge in [-0.25, -0.2) is 13.1 Å². The maximum absolute atomic E-state index is 11.9. The lowest BCUT2D eigenvalue weighted by molar-refractivity contribution is -0.387. The number of carbonyl (C=O) groups is 1. The molecule has 0 heterocycles. The van der Waals surface area contributed by atoms with Crippen molar-refractivity contribution in [2.24, 2.45) is 5.73 Å². The summed E-state index contributed by atoms with van der Waals surface area (Å²) in [6.07, 6.45) is 0. The Bertz CT molecular complexity index is 639. The lowest BCUT2D eigenvalue weighted by Gasteiger charge is -2.08. The lowest BCUT2D eigenvalue weighted by Crippen LogP contribution is -2.33. The van der Waals surface area contributed by atoms with Crippen LogP contribution in [0, 0.1) is 24.0 Å². The van der Waals surface area contributed by atoms with Gasteiger partial charge in [0.1, 0.15) is 0 Å². The number of nitro benzene ring substituents is 1. The molecule has 3 N–H and O–H groups in total. The fourth-order valence-corrected chi connectivity index (χ4v) is 2.60. The van der Waals surface area contributed by atoms with Crippen molar-refractivity contribution in [3.63, 3.8) is 0 Å². The Hall–Kier alpha value is -2.00. The van der Waals surface area contributed by atoms with Crippen LogP contribution in [0.15, 0.2) is 17.0 Å². The molecule has 0 aliphatic rings. The fraction of sp³-hybridized carbons (Fsp3) is 0.300. The summed E-state index contributed by atoms with van der Waals surface area (Å²) in [7, 11) is -4.16. The maximum atomic E-state index is 11.9. The maximum Gasteiger partial charge on any atom is 0.289 e. The normalized spacial score (nSPS) is 11.3. The van der Waals surface area contributed by atoms with E-state index in [2.05, 4.69) is 0 Å². The average molecular weight is 287 g/mol. The van der Waals surface area contributed by atoms with Crippen LogP contribution in [0.4, 0.5) is 5.69 Å². The van der Waals surface area contributed by atoms with Crippen molar-refractivity contribution in [2.45, 2.75) is 18.7 Å². The molecule has 19 heavy (non-hydrogen) atoms. The zero-order chi connectivity index (χ0) is 14.8. The van der Waals surface area contributed by atoms with Gasteiger partial charge in [0.2, 0.25) is 15.9 Å². The molecule has 0 spiro atoms. The molecule has 0 radical (unpaired) electrons. The van der Waals surface area contributed by atoms with Crippen LogP contribution >= 0.6 is 0 Å². The van der Waals surface area contributed by atoms with E-state index in [1.54, 1.807) is 13.8 Å². The Morgan fingerprint density at radius 3 is 2.37 bits per heavy atom. The van der Waals surface area contributed by atoms with Crippen molar-refractivity contribution in [2.75, 3.05) is 6.54 Å². The van der Waals surface area contributed by atoms with Gasteiger partial charge in [-0.3, -0.25) is 14.9 Å². The molecular weight excluding hydrogens is 274 g/mol. The zero-order valence-corrected chi connectivity index (χ0v) is 11.2. The van der Waals surface area contributed by atoms with Gasteiger partial charge in [0.25, 0.3) is 5.69 Å². The van der Waals surface area contributed by atoms with Crippen molar-refractivity contribution in [1.29, 1.82) is 0 Å². The van der Waals surface area contributed by atoms with Crippen molar-refractivity contribution in [1.82, 2.24) is 4.72 Å². The molecule has 1 rings (SSSR count). The summed E-state index contributed by atoms with van der Waals surface area (Å²) in [5.74, 6) is -0.880. The van der Waals surface area contributed by atoms with Crippen LogP contribution in [0.25, 0.3) is 0 Å². The highest BCUT2D eigenvalue weighted by Crippen LogP contribution is 2.26. The molecule has 0 aliphatic heterocycles. The van der Waals surface area contributed by atoms with E-state index in [4.69, 9.17) is 5.73 Å². The number of nitrogens with two attached hydrogens (primary N) is 1. The second-order valence-corrected chi connectivity index (χ2v) is 5.69. The number of aryl methyl sites for hydroxylation is 2. The number of primary amides is 1. The van der Waals surface area contributed by atoms with E-state index in [9.17, 15) is 23.3 Å². The van der Waals surface area contributed by atoms with Crippen molar-refractivity contribution in [3.05, 3.63) is 33.4 Å². The minimum Gasteiger partial charge on any atom is -0.369 e. The van der Waals surface area contributed by atoms with Crippen LogP contribution < -0.4 is 10.5 Å². The largest absolute Gasteiger partial charge is 0.369 e. The quantitative estimate of drug-likeness (QED) is 0.580. The van der Waals surface area contributed by atoms with Crippen LogP contribution in [-0.2, 0) is 14.8 Å². The summed E-state index contributed by atoms with van der Waals surface area (Å²) in [5.41, 5.74) is 5.47. The van der Waals surface area contributed by atoms with Crippen LogP contribution in [0.5, 0.6) is 0 Å². The summed E-state index contributed by atoms with van der Waals surface area (Å²) in [5, 5.41) is 10.9. The monoisotopic (exact) mass is 287 g/mol. The van der Waals surface area contributed by atoms with Gasteiger partial charge >= 0.3 is 0 Å². The molecule has 1 aromatic carbocycles. The molecule has 1 amide bonds. The summed E-state index contributed by atoms with van der Waals surface area (Å²) < 4.78 is 25.7. The van der Waals surface area contributed by atoms with Gasteiger partial charge in [-0.05, 0) is 31.0 Å². The Labute approximate surface area is 109 Å². The van der Waals surface area contributed by atoms with E-state index in [-0.39, 0.29) is 0 Å². The highest BCUT2D eigenvalue weighted by Gasteiger charge is 2.26. The van der Waals surface area contributed by atoms with Gasteiger partial charge in [-0.1, -0.05) is 0 Å². The molecule has 0 aromatic heterocycles. The first kappa shape index (κ1) is 15.1. The predicted molar refractivity (Wildman–Crippen MR) is 67.0 cm³/mol. The number of sulfonamides is 1. The van der Waals surface area contributed by atoms with Crippen molar-refractivity contribution >= 4 is 21.6 Å². The average Bonchev–Trinajstić information content (AvgIpc) is 2.29. The molecule has 0 bridgehead atoms. The van der Waals surface area contributed by atoms with E-state index >= 15 is 0 Å². The van der Waals surface area contributed by atoms with E-state index in [0.29, 0.717) is 11.1 Å². The predicted octanol–water partition coefficient (Wildman–Crippen LogP) is -0.0248. The number of rotatable bonds is 5. The van der Waals surface area contributed by atoms with E-state index in [1.807, 2.05) is 4.72 Å². The number of benzene rings is 1. The number of amides is 1. The fourth-order valence-electron chi connectivity index (χ4n) is 1.38. The summed E-state index contributed by atoms with van der Waals surface area (Å²) in [6.45, 7) is 2.65. The minimum absolute atomic E-state index is 0.484. The molecule has 0 saturated carbocycles. The first-order chi connectivity index (χ1) is 8.65. The lowest BCUT2D eigenvalue weighted by atomic mass is 10.1.